The molecule has 0 saturated carbocycles. The second kappa shape index (κ2) is 2.73. The van der Waals surface area contributed by atoms with E-state index in [0.717, 1.165) is 12.0 Å². The maximum absolute atomic E-state index is 5.81. The minimum absolute atomic E-state index is 0.401. The van der Waals surface area contributed by atoms with Gasteiger partial charge in [-0.15, -0.1) is 0 Å². The Kier molecular flexibility index (Phi) is 1.62. The number of hydrogen-bond donors (Lipinski definition) is 2. The van der Waals surface area contributed by atoms with Gasteiger partial charge in [0.15, 0.2) is 0 Å². The van der Waals surface area contributed by atoms with Crippen LogP contribution in [0.5, 0.6) is 0 Å². The van der Waals surface area contributed by atoms with Gasteiger partial charge in [-0.3, -0.25) is 5.10 Å². The van der Waals surface area contributed by atoms with Crippen LogP contribution in [0.4, 0.5) is 5.82 Å². The fourth-order valence-corrected chi connectivity index (χ4v) is 2.73. The van der Waals surface area contributed by atoms with Crippen LogP contribution in [0.1, 0.15) is 36.4 Å². The number of ether oxygens (including phenoxy) is 1. The molecule has 0 aliphatic carbocycles. The zero-order valence-corrected chi connectivity index (χ0v) is 8.29. The Morgan fingerprint density at radius 2 is 2.36 bits per heavy atom. The molecule has 0 amide bonds. The summed E-state index contributed by atoms with van der Waals surface area (Å²) in [4.78, 5) is 0. The second-order valence-corrected chi connectivity index (χ2v) is 4.36. The summed E-state index contributed by atoms with van der Waals surface area (Å²) < 4.78 is 5.81. The van der Waals surface area contributed by atoms with Crippen LogP contribution < -0.4 is 5.73 Å². The normalized spacial score (nSPS) is 35.4. The van der Waals surface area contributed by atoms with Crippen molar-refractivity contribution in [2.45, 2.75) is 44.3 Å². The third kappa shape index (κ3) is 1.00. The summed E-state index contributed by atoms with van der Waals surface area (Å²) in [6.45, 7) is 2.03. The number of H-pyrrole nitrogens is 1. The fraction of sp³-hybridized carbons (Fsp3) is 0.700. The molecule has 3 rings (SSSR count). The number of nitrogens with one attached hydrogen (secondary N) is 1. The molecule has 0 aromatic carbocycles. The van der Waals surface area contributed by atoms with E-state index in [0.29, 0.717) is 23.9 Å². The van der Waals surface area contributed by atoms with Crippen molar-refractivity contribution < 1.29 is 4.74 Å². The highest BCUT2D eigenvalue weighted by Crippen LogP contribution is 2.44. The zero-order valence-electron chi connectivity index (χ0n) is 8.29. The average Bonchev–Trinajstić information content (AvgIpc) is 2.84. The largest absolute Gasteiger partial charge is 0.382 e. The van der Waals surface area contributed by atoms with Crippen molar-refractivity contribution in [3.05, 3.63) is 11.3 Å². The fourth-order valence-electron chi connectivity index (χ4n) is 2.73. The molecule has 2 aliphatic rings. The summed E-state index contributed by atoms with van der Waals surface area (Å²) in [5.74, 6) is 1.13. The Labute approximate surface area is 82.8 Å². The Hall–Kier alpha value is -1.03. The van der Waals surface area contributed by atoms with E-state index < -0.39 is 0 Å². The van der Waals surface area contributed by atoms with Crippen LogP contribution in [0.2, 0.25) is 0 Å². The topological polar surface area (TPSA) is 63.9 Å². The number of nitrogen functional groups attached to an aromatic ring is 1. The molecule has 2 fully saturated rings. The molecule has 1 aromatic heterocycles. The maximum atomic E-state index is 5.81. The number of aromatic amines is 1. The molecule has 4 nitrogen and oxygen atoms in total. The van der Waals surface area contributed by atoms with Crippen molar-refractivity contribution >= 4 is 5.82 Å². The van der Waals surface area contributed by atoms with Crippen LogP contribution >= 0.6 is 0 Å². The Bertz CT molecular complexity index is 360. The summed E-state index contributed by atoms with van der Waals surface area (Å²) in [5.41, 5.74) is 8.02. The van der Waals surface area contributed by atoms with Gasteiger partial charge in [0.25, 0.3) is 0 Å². The highest BCUT2D eigenvalue weighted by Gasteiger charge is 2.42. The average molecular weight is 193 g/mol. The second-order valence-electron chi connectivity index (χ2n) is 4.36. The molecule has 2 saturated heterocycles. The molecule has 4 heteroatoms. The lowest BCUT2D eigenvalue weighted by Gasteiger charge is -2.17. The minimum Gasteiger partial charge on any atom is -0.382 e. The summed E-state index contributed by atoms with van der Waals surface area (Å²) in [7, 11) is 0. The van der Waals surface area contributed by atoms with E-state index >= 15 is 0 Å². The van der Waals surface area contributed by atoms with Crippen LogP contribution in [0, 0.1) is 6.92 Å². The first-order valence-electron chi connectivity index (χ1n) is 5.21. The molecular weight excluding hydrogens is 178 g/mol. The number of aromatic nitrogens is 2. The zero-order chi connectivity index (χ0) is 9.71. The quantitative estimate of drug-likeness (QED) is 0.707. The molecule has 3 N–H and O–H groups in total. The Morgan fingerprint density at radius 3 is 2.86 bits per heavy atom. The first-order chi connectivity index (χ1) is 6.75. The molecule has 0 unspecified atom stereocenters. The lowest BCUT2D eigenvalue weighted by molar-refractivity contribution is 0.100. The maximum Gasteiger partial charge on any atom is 0.148 e. The smallest absolute Gasteiger partial charge is 0.148 e. The van der Waals surface area contributed by atoms with Crippen molar-refractivity contribution in [3.8, 4) is 0 Å². The first kappa shape index (κ1) is 8.29. The number of hydrogen-bond acceptors (Lipinski definition) is 3. The summed E-state index contributed by atoms with van der Waals surface area (Å²) in [6.07, 6.45) is 4.43. The number of nitrogens with two attached hydrogens (primary N) is 1. The molecule has 76 valence electrons. The van der Waals surface area contributed by atoms with Gasteiger partial charge in [-0.25, -0.2) is 0 Å². The third-order valence-corrected chi connectivity index (χ3v) is 3.56. The van der Waals surface area contributed by atoms with Crippen LogP contribution in [-0.4, -0.2) is 22.4 Å². The molecule has 2 bridgehead atoms. The van der Waals surface area contributed by atoms with Gasteiger partial charge in [0.1, 0.15) is 5.82 Å². The van der Waals surface area contributed by atoms with E-state index in [1.807, 2.05) is 6.92 Å². The number of nitrogens with zero attached hydrogens (tertiary/aromatic N) is 1. The van der Waals surface area contributed by atoms with Gasteiger partial charge in [-0.05, 0) is 26.2 Å². The van der Waals surface area contributed by atoms with Crippen LogP contribution in [0.25, 0.3) is 0 Å². The van der Waals surface area contributed by atoms with E-state index in [2.05, 4.69) is 10.2 Å². The lowest BCUT2D eigenvalue weighted by atomic mass is 9.85. The molecule has 3 atom stereocenters. The predicted octanol–water partition coefficient (Wildman–Crippen LogP) is 1.34. The van der Waals surface area contributed by atoms with E-state index in [1.54, 1.807) is 0 Å². The van der Waals surface area contributed by atoms with Crippen molar-refractivity contribution in [2.75, 3.05) is 5.73 Å². The van der Waals surface area contributed by atoms with Gasteiger partial charge in [0.2, 0.25) is 0 Å². The standard InChI is InChI=1S/C10H15N3O/c1-5-9(12-13-10(5)11)7-4-6-2-3-8(7)14-6/h6-8H,2-4H2,1H3,(H3,11,12,13)/t6-,7-,8+/m1/s1. The van der Waals surface area contributed by atoms with Gasteiger partial charge in [0, 0.05) is 17.2 Å². The highest BCUT2D eigenvalue weighted by atomic mass is 16.5. The third-order valence-electron chi connectivity index (χ3n) is 3.56. The van der Waals surface area contributed by atoms with Crippen LogP contribution in [0.15, 0.2) is 0 Å². The van der Waals surface area contributed by atoms with Crippen molar-refractivity contribution in [1.82, 2.24) is 10.2 Å². The number of rotatable bonds is 1. The van der Waals surface area contributed by atoms with Crippen LogP contribution in [0.3, 0.4) is 0 Å². The molecule has 1 aromatic rings. The van der Waals surface area contributed by atoms with Gasteiger partial charge in [-0.2, -0.15) is 5.10 Å². The predicted molar refractivity (Wildman–Crippen MR) is 53.0 cm³/mol. The summed E-state index contributed by atoms with van der Waals surface area (Å²) >= 11 is 0. The molecular formula is C10H15N3O. The van der Waals surface area contributed by atoms with Gasteiger partial charge >= 0.3 is 0 Å². The summed E-state index contributed by atoms with van der Waals surface area (Å²) in [6, 6.07) is 0. The molecule has 0 spiro atoms. The SMILES string of the molecule is Cc1c(N)n[nH]c1[C@@H]1C[C@H]2CC[C@@H]1O2. The van der Waals surface area contributed by atoms with Gasteiger partial charge in [0.05, 0.1) is 12.2 Å². The van der Waals surface area contributed by atoms with Crippen molar-refractivity contribution in [3.63, 3.8) is 0 Å². The number of fused-ring (bicyclic) bond motifs is 2. The van der Waals surface area contributed by atoms with Crippen LogP contribution in [-0.2, 0) is 4.74 Å². The molecule has 0 radical (unpaired) electrons. The lowest BCUT2D eigenvalue weighted by Crippen LogP contribution is -2.15. The first-order valence-corrected chi connectivity index (χ1v) is 5.21. The Balaban J connectivity index is 1.93. The van der Waals surface area contributed by atoms with Crippen molar-refractivity contribution in [1.29, 1.82) is 0 Å². The number of anilines is 1. The molecule has 3 heterocycles. The van der Waals surface area contributed by atoms with Gasteiger partial charge in [-0.1, -0.05) is 0 Å². The van der Waals surface area contributed by atoms with E-state index in [1.165, 1.54) is 18.5 Å². The summed E-state index contributed by atoms with van der Waals surface area (Å²) in [5, 5.41) is 7.09. The van der Waals surface area contributed by atoms with Gasteiger partial charge < -0.3 is 10.5 Å². The molecule has 14 heavy (non-hydrogen) atoms. The Morgan fingerprint density at radius 1 is 1.50 bits per heavy atom. The monoisotopic (exact) mass is 193 g/mol. The molecule has 2 aliphatic heterocycles. The van der Waals surface area contributed by atoms with E-state index in [9.17, 15) is 0 Å². The van der Waals surface area contributed by atoms with E-state index in [4.69, 9.17) is 10.5 Å². The highest BCUT2D eigenvalue weighted by molar-refractivity contribution is 5.42. The van der Waals surface area contributed by atoms with E-state index in [-0.39, 0.29) is 0 Å². The minimum atomic E-state index is 0.401. The van der Waals surface area contributed by atoms with Crippen molar-refractivity contribution in [2.24, 2.45) is 0 Å².